The van der Waals surface area contributed by atoms with Crippen molar-refractivity contribution < 1.29 is 19.0 Å². The van der Waals surface area contributed by atoms with Crippen molar-refractivity contribution in [3.63, 3.8) is 0 Å². The first-order chi connectivity index (χ1) is 16.7. The normalized spacial score (nSPS) is 12.0. The van der Waals surface area contributed by atoms with Crippen molar-refractivity contribution in [1.29, 1.82) is 0 Å². The van der Waals surface area contributed by atoms with Crippen LogP contribution in [0, 0.1) is 0 Å². The Kier molecular flexibility index (Phi) is 6.11. The maximum Gasteiger partial charge on any atom is 0.231 e. The number of carbonyl (C=O) groups excluding carboxylic acids is 1. The second-order valence-electron chi connectivity index (χ2n) is 7.62. The van der Waals surface area contributed by atoms with Crippen LogP contribution in [0.25, 0.3) is 5.65 Å². The van der Waals surface area contributed by atoms with Crippen molar-refractivity contribution in [3.05, 3.63) is 66.0 Å². The number of nitrogens with one attached hydrogen (secondary N) is 2. The van der Waals surface area contributed by atoms with Crippen molar-refractivity contribution in [1.82, 2.24) is 19.8 Å². The Hall–Kier alpha value is -4.34. The number of ether oxygens (including phenoxy) is 3. The molecule has 4 aromatic rings. The van der Waals surface area contributed by atoms with Crippen molar-refractivity contribution in [3.8, 4) is 17.2 Å². The van der Waals surface area contributed by atoms with Gasteiger partial charge in [-0.2, -0.15) is 4.52 Å². The number of aromatic nitrogens is 4. The molecule has 0 radical (unpaired) electrons. The molecule has 0 fully saturated rings. The quantitative estimate of drug-likeness (QED) is 0.391. The van der Waals surface area contributed by atoms with E-state index in [9.17, 15) is 4.79 Å². The third kappa shape index (κ3) is 4.70. The van der Waals surface area contributed by atoms with Crippen molar-refractivity contribution in [2.75, 3.05) is 24.0 Å². The highest BCUT2D eigenvalue weighted by Crippen LogP contribution is 2.32. The molecule has 1 aliphatic rings. The number of benzene rings is 2. The number of carbonyl (C=O) groups is 1. The first kappa shape index (κ1) is 21.5. The van der Waals surface area contributed by atoms with E-state index in [0.717, 1.165) is 17.1 Å². The second-order valence-corrected chi connectivity index (χ2v) is 7.62. The van der Waals surface area contributed by atoms with E-state index < -0.39 is 0 Å². The number of hydrogen-bond acceptors (Lipinski definition) is 8. The summed E-state index contributed by atoms with van der Waals surface area (Å²) in [6.45, 7) is 3.24. The maximum absolute atomic E-state index is 12.5. The fourth-order valence-electron chi connectivity index (χ4n) is 3.62. The summed E-state index contributed by atoms with van der Waals surface area (Å²) >= 11 is 0. The molecule has 0 aliphatic carbocycles. The molecule has 174 valence electrons. The molecule has 0 bridgehead atoms. The summed E-state index contributed by atoms with van der Waals surface area (Å²) in [7, 11) is 0. The number of amides is 1. The zero-order chi connectivity index (χ0) is 23.3. The van der Waals surface area contributed by atoms with Gasteiger partial charge in [0.2, 0.25) is 12.7 Å². The number of nitrogens with zero attached hydrogens (tertiary/aromatic N) is 4. The smallest absolute Gasteiger partial charge is 0.231 e. The SMILES string of the molecule is CCOc1ccccc1NC(=O)CCc1nnc2ccc(NCc3ccc4c(c3)OCO4)nn12. The van der Waals surface area contributed by atoms with Gasteiger partial charge in [-0.3, -0.25) is 4.79 Å². The van der Waals surface area contributed by atoms with Crippen LogP contribution in [0.15, 0.2) is 54.6 Å². The molecule has 3 heterocycles. The van der Waals surface area contributed by atoms with E-state index in [4.69, 9.17) is 14.2 Å². The summed E-state index contributed by atoms with van der Waals surface area (Å²) in [6.07, 6.45) is 0.625. The summed E-state index contributed by atoms with van der Waals surface area (Å²) in [5.74, 6) is 3.28. The molecule has 5 rings (SSSR count). The molecule has 1 aliphatic heterocycles. The Balaban J connectivity index is 1.22. The van der Waals surface area contributed by atoms with Gasteiger partial charge in [0, 0.05) is 19.4 Å². The van der Waals surface area contributed by atoms with E-state index >= 15 is 0 Å². The fourth-order valence-corrected chi connectivity index (χ4v) is 3.62. The highest BCUT2D eigenvalue weighted by molar-refractivity contribution is 5.92. The molecule has 2 aromatic carbocycles. The molecule has 0 atom stereocenters. The zero-order valence-electron chi connectivity index (χ0n) is 18.7. The molecular weight excluding hydrogens is 436 g/mol. The van der Waals surface area contributed by atoms with Gasteiger partial charge in [-0.1, -0.05) is 18.2 Å². The van der Waals surface area contributed by atoms with Crippen molar-refractivity contribution in [2.45, 2.75) is 26.3 Å². The average molecular weight is 460 g/mol. The minimum Gasteiger partial charge on any atom is -0.492 e. The molecule has 0 saturated heterocycles. The number of para-hydroxylation sites is 2. The lowest BCUT2D eigenvalue weighted by atomic mass is 10.2. The van der Waals surface area contributed by atoms with E-state index in [1.807, 2.05) is 61.5 Å². The first-order valence-electron chi connectivity index (χ1n) is 11.0. The Morgan fingerprint density at radius 1 is 1.09 bits per heavy atom. The van der Waals surface area contributed by atoms with Gasteiger partial charge in [0.25, 0.3) is 0 Å². The standard InChI is InChI=1S/C24H24N6O4/c1-2-32-18-6-4-3-5-17(18)26-24(31)12-11-23-28-27-22-10-9-21(29-30(22)23)25-14-16-7-8-19-20(13-16)34-15-33-19/h3-10,13H,2,11-12,14-15H2,1H3,(H,25,29)(H,26,31). The predicted octanol–water partition coefficient (Wildman–Crippen LogP) is 3.44. The molecule has 0 spiro atoms. The van der Waals surface area contributed by atoms with Crippen LogP contribution in [-0.2, 0) is 17.8 Å². The molecule has 10 heteroatoms. The van der Waals surface area contributed by atoms with Gasteiger partial charge in [0.15, 0.2) is 23.0 Å². The number of rotatable bonds is 9. The van der Waals surface area contributed by atoms with E-state index in [2.05, 4.69) is 25.9 Å². The van der Waals surface area contributed by atoms with E-state index in [-0.39, 0.29) is 19.1 Å². The topological polar surface area (TPSA) is 112 Å². The lowest BCUT2D eigenvalue weighted by Crippen LogP contribution is -2.14. The largest absolute Gasteiger partial charge is 0.492 e. The lowest BCUT2D eigenvalue weighted by Gasteiger charge is -2.11. The summed E-state index contributed by atoms with van der Waals surface area (Å²) in [6, 6.07) is 16.9. The summed E-state index contributed by atoms with van der Waals surface area (Å²) in [5.41, 5.74) is 2.30. The molecular formula is C24H24N6O4. The van der Waals surface area contributed by atoms with E-state index in [1.54, 1.807) is 4.52 Å². The fraction of sp³-hybridized carbons (Fsp3) is 0.250. The second kappa shape index (κ2) is 9.65. The van der Waals surface area contributed by atoms with Gasteiger partial charge in [0.1, 0.15) is 11.6 Å². The van der Waals surface area contributed by atoms with Gasteiger partial charge in [0.05, 0.1) is 12.3 Å². The Morgan fingerprint density at radius 3 is 2.88 bits per heavy atom. The van der Waals surface area contributed by atoms with Crippen LogP contribution in [-0.4, -0.2) is 39.1 Å². The summed E-state index contributed by atoms with van der Waals surface area (Å²) < 4.78 is 18.0. The molecule has 34 heavy (non-hydrogen) atoms. The van der Waals surface area contributed by atoms with Crippen LogP contribution in [0.2, 0.25) is 0 Å². The molecule has 10 nitrogen and oxygen atoms in total. The summed E-state index contributed by atoms with van der Waals surface area (Å²) in [4.78, 5) is 12.5. The minimum absolute atomic E-state index is 0.138. The minimum atomic E-state index is -0.138. The van der Waals surface area contributed by atoms with Crippen LogP contribution in [0.3, 0.4) is 0 Å². The number of hydrogen-bond donors (Lipinski definition) is 2. The Bertz CT molecular complexity index is 1320. The average Bonchev–Trinajstić information content (AvgIpc) is 3.49. The Labute approximate surface area is 195 Å². The number of anilines is 2. The van der Waals surface area contributed by atoms with Crippen LogP contribution in [0.5, 0.6) is 17.2 Å². The predicted molar refractivity (Wildman–Crippen MR) is 125 cm³/mol. The third-order valence-electron chi connectivity index (χ3n) is 5.27. The van der Waals surface area contributed by atoms with Gasteiger partial charge in [-0.25, -0.2) is 0 Å². The van der Waals surface area contributed by atoms with Crippen LogP contribution in [0.4, 0.5) is 11.5 Å². The first-order valence-corrected chi connectivity index (χ1v) is 11.0. The molecule has 2 aromatic heterocycles. The maximum atomic E-state index is 12.5. The molecule has 2 N–H and O–H groups in total. The molecule has 1 amide bonds. The Morgan fingerprint density at radius 2 is 1.97 bits per heavy atom. The van der Waals surface area contributed by atoms with Crippen LogP contribution < -0.4 is 24.8 Å². The third-order valence-corrected chi connectivity index (χ3v) is 5.27. The highest BCUT2D eigenvalue weighted by atomic mass is 16.7. The molecule has 0 unspecified atom stereocenters. The zero-order valence-corrected chi connectivity index (χ0v) is 18.7. The van der Waals surface area contributed by atoms with Crippen molar-refractivity contribution >= 4 is 23.1 Å². The van der Waals surface area contributed by atoms with Gasteiger partial charge < -0.3 is 24.8 Å². The van der Waals surface area contributed by atoms with Gasteiger partial charge in [-0.05, 0) is 48.9 Å². The summed E-state index contributed by atoms with van der Waals surface area (Å²) in [5, 5.41) is 19.2. The molecule has 0 saturated carbocycles. The lowest BCUT2D eigenvalue weighted by molar-refractivity contribution is -0.116. The number of aryl methyl sites for hydroxylation is 1. The monoisotopic (exact) mass is 460 g/mol. The van der Waals surface area contributed by atoms with Crippen LogP contribution >= 0.6 is 0 Å². The van der Waals surface area contributed by atoms with E-state index in [0.29, 0.717) is 48.3 Å². The highest BCUT2D eigenvalue weighted by Gasteiger charge is 2.14. The van der Waals surface area contributed by atoms with Crippen molar-refractivity contribution in [2.24, 2.45) is 0 Å². The number of fused-ring (bicyclic) bond motifs is 2. The van der Waals surface area contributed by atoms with Gasteiger partial charge >= 0.3 is 0 Å². The van der Waals surface area contributed by atoms with Crippen LogP contribution in [0.1, 0.15) is 24.7 Å². The van der Waals surface area contributed by atoms with E-state index in [1.165, 1.54) is 0 Å². The van der Waals surface area contributed by atoms with Gasteiger partial charge in [-0.15, -0.1) is 15.3 Å².